The molecule has 0 N–H and O–H groups in total. The molecule has 0 fully saturated rings. The third-order valence-electron chi connectivity index (χ3n) is 2.99. The van der Waals surface area contributed by atoms with Crippen molar-refractivity contribution in [1.29, 1.82) is 0 Å². The van der Waals surface area contributed by atoms with Crippen LogP contribution in [0, 0.1) is 5.92 Å². The minimum absolute atomic E-state index is 0.338. The number of aliphatic imine (C=N–C) groups is 1. The largest absolute Gasteiger partial charge is 0.249 e. The Hall–Kier alpha value is -2.41. The average Bonchev–Trinajstić information content (AvgIpc) is 2.49. The molecule has 1 heteroatoms. The average molecular weight is 261 g/mol. The van der Waals surface area contributed by atoms with Gasteiger partial charge in [-0.3, -0.25) is 0 Å². The highest BCUT2D eigenvalue weighted by molar-refractivity contribution is 6.09. The molecular weight excluding hydrogens is 242 g/mol. The van der Waals surface area contributed by atoms with Crippen LogP contribution in [0.25, 0.3) is 0 Å². The standard InChI is InChI=1S/C19H19N/c1-15-9-10-16(2)12-14-19(20-17(3)13-11-15)18-7-5-4-6-8-18/h4-15H,2-3H2,1H3/b10-9?,13-11-,14-12-,20-19?. The number of allylic oxidation sites excluding steroid dienone is 7. The zero-order chi connectivity index (χ0) is 14.4. The number of hydrogen-bond acceptors (Lipinski definition) is 1. The van der Waals surface area contributed by atoms with Crippen molar-refractivity contribution in [2.24, 2.45) is 10.9 Å². The monoisotopic (exact) mass is 261 g/mol. The van der Waals surface area contributed by atoms with Gasteiger partial charge in [0.15, 0.2) is 0 Å². The molecule has 2 rings (SSSR count). The van der Waals surface area contributed by atoms with E-state index in [-0.39, 0.29) is 0 Å². The molecule has 0 aliphatic carbocycles. The summed E-state index contributed by atoms with van der Waals surface area (Å²) < 4.78 is 0. The van der Waals surface area contributed by atoms with Gasteiger partial charge in [0.05, 0.1) is 11.4 Å². The van der Waals surface area contributed by atoms with Gasteiger partial charge in [-0.2, -0.15) is 0 Å². The Bertz CT molecular complexity index is 612. The second kappa shape index (κ2) is 6.67. The summed E-state index contributed by atoms with van der Waals surface area (Å²) in [5, 5.41) is 0. The second-order valence-electron chi connectivity index (χ2n) is 4.84. The van der Waals surface area contributed by atoms with Crippen LogP contribution in [0.4, 0.5) is 0 Å². The molecule has 1 heterocycles. The van der Waals surface area contributed by atoms with Crippen LogP contribution in [0.1, 0.15) is 12.5 Å². The van der Waals surface area contributed by atoms with Crippen LogP contribution in [0.5, 0.6) is 0 Å². The molecule has 1 aliphatic rings. The highest BCUT2D eigenvalue weighted by Gasteiger charge is 2.01. The predicted molar refractivity (Wildman–Crippen MR) is 87.8 cm³/mol. The van der Waals surface area contributed by atoms with Crippen molar-refractivity contribution in [2.75, 3.05) is 0 Å². The van der Waals surface area contributed by atoms with Gasteiger partial charge < -0.3 is 0 Å². The smallest absolute Gasteiger partial charge is 0.0709 e. The van der Waals surface area contributed by atoms with E-state index < -0.39 is 0 Å². The van der Waals surface area contributed by atoms with Crippen LogP contribution in [0.2, 0.25) is 0 Å². The molecule has 1 unspecified atom stereocenters. The van der Waals surface area contributed by atoms with Crippen LogP contribution in [-0.4, -0.2) is 5.71 Å². The van der Waals surface area contributed by atoms with E-state index in [2.05, 4.69) is 37.2 Å². The van der Waals surface area contributed by atoms with Gasteiger partial charge in [-0.15, -0.1) is 0 Å². The van der Waals surface area contributed by atoms with Gasteiger partial charge in [-0.1, -0.05) is 74.7 Å². The third-order valence-corrected chi connectivity index (χ3v) is 2.99. The summed E-state index contributed by atoms with van der Waals surface area (Å²) in [5.74, 6) is 0.338. The molecule has 100 valence electrons. The Balaban J connectivity index is 2.43. The summed E-state index contributed by atoms with van der Waals surface area (Å²) in [6.45, 7) is 10.1. The molecule has 0 aromatic heterocycles. The van der Waals surface area contributed by atoms with Gasteiger partial charge in [0, 0.05) is 5.56 Å². The normalized spacial score (nSPS) is 22.9. The first-order chi connectivity index (χ1) is 9.65. The van der Waals surface area contributed by atoms with Crippen LogP contribution >= 0.6 is 0 Å². The van der Waals surface area contributed by atoms with Crippen LogP contribution in [-0.2, 0) is 0 Å². The van der Waals surface area contributed by atoms with E-state index in [9.17, 15) is 0 Å². The van der Waals surface area contributed by atoms with E-state index >= 15 is 0 Å². The fourth-order valence-corrected chi connectivity index (χ4v) is 1.84. The summed E-state index contributed by atoms with van der Waals surface area (Å²) in [6.07, 6.45) is 12.2. The van der Waals surface area contributed by atoms with Crippen molar-refractivity contribution >= 4 is 5.71 Å². The lowest BCUT2D eigenvalue weighted by Crippen LogP contribution is -1.97. The molecule has 0 saturated carbocycles. The summed E-state index contributed by atoms with van der Waals surface area (Å²) >= 11 is 0. The van der Waals surface area contributed by atoms with Crippen molar-refractivity contribution in [1.82, 2.24) is 0 Å². The van der Waals surface area contributed by atoms with E-state index in [1.807, 2.05) is 54.6 Å². The SMILES string of the molecule is C=C1C=CC(C)/C=C\C(=C)N=C(c2ccccc2)/C=C\1. The van der Waals surface area contributed by atoms with Gasteiger partial charge in [0.1, 0.15) is 0 Å². The topological polar surface area (TPSA) is 12.4 Å². The molecule has 0 radical (unpaired) electrons. The fourth-order valence-electron chi connectivity index (χ4n) is 1.84. The minimum Gasteiger partial charge on any atom is -0.249 e. The number of benzene rings is 1. The van der Waals surface area contributed by atoms with E-state index in [0.29, 0.717) is 5.92 Å². The lowest BCUT2D eigenvalue weighted by Gasteiger charge is -2.02. The summed E-state index contributed by atoms with van der Waals surface area (Å²) in [4.78, 5) is 4.60. The van der Waals surface area contributed by atoms with Gasteiger partial charge in [-0.05, 0) is 23.6 Å². The van der Waals surface area contributed by atoms with E-state index in [1.165, 1.54) is 0 Å². The molecule has 1 aromatic carbocycles. The van der Waals surface area contributed by atoms with Crippen molar-refractivity contribution in [2.45, 2.75) is 6.92 Å². The molecule has 1 aliphatic heterocycles. The Morgan fingerprint density at radius 3 is 2.35 bits per heavy atom. The van der Waals surface area contributed by atoms with Crippen LogP contribution < -0.4 is 0 Å². The van der Waals surface area contributed by atoms with Crippen LogP contribution in [0.15, 0.2) is 96.2 Å². The molecule has 0 saturated heterocycles. The van der Waals surface area contributed by atoms with Gasteiger partial charge >= 0.3 is 0 Å². The first-order valence-electron chi connectivity index (χ1n) is 6.71. The molecular formula is C19H19N. The van der Waals surface area contributed by atoms with Gasteiger partial charge in [0.25, 0.3) is 0 Å². The summed E-state index contributed by atoms with van der Waals surface area (Å²) in [5.41, 5.74) is 3.68. The Morgan fingerprint density at radius 2 is 1.60 bits per heavy atom. The van der Waals surface area contributed by atoms with E-state index in [0.717, 1.165) is 22.5 Å². The zero-order valence-corrected chi connectivity index (χ0v) is 11.8. The summed E-state index contributed by atoms with van der Waals surface area (Å²) in [6, 6.07) is 10.1. The molecule has 1 atom stereocenters. The van der Waals surface area contributed by atoms with E-state index in [4.69, 9.17) is 0 Å². The predicted octanol–water partition coefficient (Wildman–Crippen LogP) is 4.86. The van der Waals surface area contributed by atoms with E-state index in [1.54, 1.807) is 0 Å². The maximum atomic E-state index is 4.60. The molecule has 20 heavy (non-hydrogen) atoms. The molecule has 1 aromatic rings. The quantitative estimate of drug-likeness (QED) is 0.684. The minimum atomic E-state index is 0.338. The maximum absolute atomic E-state index is 4.60. The Kier molecular flexibility index (Phi) is 4.67. The number of hydrogen-bond donors (Lipinski definition) is 0. The summed E-state index contributed by atoms with van der Waals surface area (Å²) in [7, 11) is 0. The highest BCUT2D eigenvalue weighted by Crippen LogP contribution is 2.12. The highest BCUT2D eigenvalue weighted by atomic mass is 14.7. The fraction of sp³-hybridized carbons (Fsp3) is 0.105. The van der Waals surface area contributed by atoms with Crippen molar-refractivity contribution in [3.63, 3.8) is 0 Å². The Morgan fingerprint density at radius 1 is 0.900 bits per heavy atom. The molecule has 0 amide bonds. The van der Waals surface area contributed by atoms with Crippen molar-refractivity contribution in [3.05, 3.63) is 96.8 Å². The van der Waals surface area contributed by atoms with Gasteiger partial charge in [-0.25, -0.2) is 4.99 Å². The van der Waals surface area contributed by atoms with Crippen LogP contribution in [0.3, 0.4) is 0 Å². The third kappa shape index (κ3) is 4.06. The first-order valence-corrected chi connectivity index (χ1v) is 6.71. The lowest BCUT2D eigenvalue weighted by atomic mass is 10.1. The molecule has 0 spiro atoms. The number of rotatable bonds is 1. The van der Waals surface area contributed by atoms with Crippen molar-refractivity contribution in [3.8, 4) is 0 Å². The zero-order valence-electron chi connectivity index (χ0n) is 11.8. The van der Waals surface area contributed by atoms with Crippen molar-refractivity contribution < 1.29 is 0 Å². The second-order valence-corrected chi connectivity index (χ2v) is 4.84. The molecule has 1 nitrogen and oxygen atoms in total. The maximum Gasteiger partial charge on any atom is 0.0709 e. The molecule has 0 bridgehead atoms. The lowest BCUT2D eigenvalue weighted by molar-refractivity contribution is 0.937. The Labute approximate surface area is 121 Å². The number of nitrogens with zero attached hydrogens (tertiary/aromatic N) is 1. The van der Waals surface area contributed by atoms with Gasteiger partial charge in [0.2, 0.25) is 0 Å². The first kappa shape index (κ1) is 14.0.